The normalized spacial score (nSPS) is 11.9. The van der Waals surface area contributed by atoms with Gasteiger partial charge in [0.2, 0.25) is 5.75 Å². The van der Waals surface area contributed by atoms with Crippen molar-refractivity contribution >= 4 is 22.0 Å². The fourth-order valence-corrected chi connectivity index (χ4v) is 3.81. The van der Waals surface area contributed by atoms with E-state index in [4.69, 9.17) is 24.3 Å². The van der Waals surface area contributed by atoms with Crippen LogP contribution in [0.15, 0.2) is 65.7 Å². The quantitative estimate of drug-likeness (QED) is 0.492. The number of nitrogens with two attached hydrogens (primary N) is 1. The average molecular weight is 436 g/mol. The van der Waals surface area contributed by atoms with Crippen LogP contribution in [0.5, 0.6) is 17.2 Å². The highest BCUT2D eigenvalue weighted by Crippen LogP contribution is 2.41. The molecule has 0 amide bonds. The van der Waals surface area contributed by atoms with Crippen LogP contribution in [0.25, 0.3) is 33.4 Å². The van der Waals surface area contributed by atoms with E-state index < -0.39 is 11.0 Å². The molecule has 0 aliphatic carbocycles. The SMILES string of the molecule is COc1cc(-c2cnc3cccc(-c4ccc(S(N)=O)cc4)c3n2)cc(OC)c1OC. The summed E-state index contributed by atoms with van der Waals surface area (Å²) in [5.74, 6) is 1.59. The van der Waals surface area contributed by atoms with Gasteiger partial charge in [0.05, 0.1) is 49.1 Å². The Morgan fingerprint density at radius 2 is 1.55 bits per heavy atom. The highest BCUT2D eigenvalue weighted by atomic mass is 32.2. The van der Waals surface area contributed by atoms with Crippen molar-refractivity contribution in [3.8, 4) is 39.6 Å². The molecular weight excluding hydrogens is 414 g/mol. The highest BCUT2D eigenvalue weighted by molar-refractivity contribution is 7.82. The second-order valence-electron chi connectivity index (χ2n) is 6.66. The van der Waals surface area contributed by atoms with Gasteiger partial charge in [-0.25, -0.2) is 14.3 Å². The minimum absolute atomic E-state index is 0.514. The first-order valence-electron chi connectivity index (χ1n) is 9.38. The van der Waals surface area contributed by atoms with Gasteiger partial charge in [0.25, 0.3) is 0 Å². The first kappa shape index (κ1) is 20.8. The van der Waals surface area contributed by atoms with Crippen LogP contribution < -0.4 is 19.3 Å². The Morgan fingerprint density at radius 1 is 0.871 bits per heavy atom. The number of hydrogen-bond donors (Lipinski definition) is 1. The lowest BCUT2D eigenvalue weighted by Crippen LogP contribution is -2.02. The molecule has 1 heterocycles. The fraction of sp³-hybridized carbons (Fsp3) is 0.130. The first-order valence-corrected chi connectivity index (χ1v) is 10.6. The summed E-state index contributed by atoms with van der Waals surface area (Å²) in [5.41, 5.74) is 4.80. The van der Waals surface area contributed by atoms with E-state index in [1.807, 2.05) is 42.5 Å². The van der Waals surface area contributed by atoms with E-state index in [9.17, 15) is 4.21 Å². The molecule has 1 unspecified atom stereocenters. The van der Waals surface area contributed by atoms with Crippen molar-refractivity contribution in [2.24, 2.45) is 5.14 Å². The van der Waals surface area contributed by atoms with Gasteiger partial charge in [0.15, 0.2) is 11.5 Å². The Kier molecular flexibility index (Phi) is 5.83. The largest absolute Gasteiger partial charge is 0.493 e. The van der Waals surface area contributed by atoms with Crippen molar-refractivity contribution in [3.63, 3.8) is 0 Å². The third kappa shape index (κ3) is 3.95. The number of benzene rings is 3. The Morgan fingerprint density at radius 3 is 2.13 bits per heavy atom. The zero-order chi connectivity index (χ0) is 22.0. The van der Waals surface area contributed by atoms with Crippen LogP contribution in [0.4, 0.5) is 0 Å². The van der Waals surface area contributed by atoms with Crippen molar-refractivity contribution in [2.75, 3.05) is 21.3 Å². The van der Waals surface area contributed by atoms with Crippen LogP contribution in [0.1, 0.15) is 0 Å². The van der Waals surface area contributed by atoms with Gasteiger partial charge < -0.3 is 14.2 Å². The van der Waals surface area contributed by atoms with Gasteiger partial charge in [-0.05, 0) is 35.9 Å². The van der Waals surface area contributed by atoms with Crippen LogP contribution in [0, 0.1) is 0 Å². The molecule has 0 aliphatic heterocycles. The van der Waals surface area contributed by atoms with Crippen molar-refractivity contribution < 1.29 is 18.4 Å². The molecule has 0 saturated heterocycles. The topological polar surface area (TPSA) is 96.6 Å². The summed E-state index contributed by atoms with van der Waals surface area (Å²) in [6.07, 6.45) is 1.72. The molecule has 4 rings (SSSR count). The number of fused-ring (bicyclic) bond motifs is 1. The summed E-state index contributed by atoms with van der Waals surface area (Å²) < 4.78 is 27.8. The molecule has 2 N–H and O–H groups in total. The van der Waals surface area contributed by atoms with Crippen LogP contribution in [0.3, 0.4) is 0 Å². The van der Waals surface area contributed by atoms with Crippen molar-refractivity contribution in [1.29, 1.82) is 0 Å². The van der Waals surface area contributed by atoms with Crippen LogP contribution in [0.2, 0.25) is 0 Å². The predicted molar refractivity (Wildman–Crippen MR) is 121 cm³/mol. The smallest absolute Gasteiger partial charge is 0.203 e. The lowest BCUT2D eigenvalue weighted by molar-refractivity contribution is 0.324. The van der Waals surface area contributed by atoms with Gasteiger partial charge in [0.1, 0.15) is 11.0 Å². The maximum absolute atomic E-state index is 11.5. The summed E-state index contributed by atoms with van der Waals surface area (Å²) in [4.78, 5) is 10.0. The standard InChI is InChI=1S/C23H21N3O4S/c1-28-20-11-15(12-21(29-2)23(20)30-3)19-13-25-18-6-4-5-17(22(18)26-19)14-7-9-16(10-8-14)31(24)27/h4-13H,24H2,1-3H3. The predicted octanol–water partition coefficient (Wildman–Crippen LogP) is 3.97. The zero-order valence-electron chi connectivity index (χ0n) is 17.3. The lowest BCUT2D eigenvalue weighted by Gasteiger charge is -2.14. The van der Waals surface area contributed by atoms with Gasteiger partial charge in [-0.1, -0.05) is 24.3 Å². The molecule has 158 valence electrons. The molecule has 1 atom stereocenters. The number of para-hydroxylation sites is 1. The first-order chi connectivity index (χ1) is 15.0. The zero-order valence-corrected chi connectivity index (χ0v) is 18.1. The number of methoxy groups -OCH3 is 3. The van der Waals surface area contributed by atoms with E-state index in [0.29, 0.717) is 27.8 Å². The second-order valence-corrected chi connectivity index (χ2v) is 7.73. The molecule has 0 saturated carbocycles. The molecule has 31 heavy (non-hydrogen) atoms. The highest BCUT2D eigenvalue weighted by Gasteiger charge is 2.16. The summed E-state index contributed by atoms with van der Waals surface area (Å²) >= 11 is 0. The Balaban J connectivity index is 1.87. The lowest BCUT2D eigenvalue weighted by atomic mass is 10.0. The summed E-state index contributed by atoms with van der Waals surface area (Å²) in [7, 11) is 3.19. The minimum atomic E-state index is -1.52. The molecule has 0 radical (unpaired) electrons. The average Bonchev–Trinajstić information content (AvgIpc) is 2.82. The molecular formula is C23H21N3O4S. The molecule has 7 nitrogen and oxygen atoms in total. The molecule has 0 bridgehead atoms. The molecule has 3 aromatic carbocycles. The van der Waals surface area contributed by atoms with Crippen molar-refractivity contribution in [2.45, 2.75) is 4.90 Å². The van der Waals surface area contributed by atoms with E-state index >= 15 is 0 Å². The summed E-state index contributed by atoms with van der Waals surface area (Å²) in [5, 5.41) is 5.47. The molecule has 1 aromatic heterocycles. The van der Waals surface area contributed by atoms with Gasteiger partial charge in [-0.3, -0.25) is 4.98 Å². The number of nitrogens with zero attached hydrogens (tertiary/aromatic N) is 2. The molecule has 0 aliphatic rings. The number of ether oxygens (including phenoxy) is 3. The van der Waals surface area contributed by atoms with E-state index in [1.54, 1.807) is 39.7 Å². The molecule has 8 heteroatoms. The number of rotatable bonds is 6. The van der Waals surface area contributed by atoms with Crippen LogP contribution >= 0.6 is 0 Å². The van der Waals surface area contributed by atoms with Gasteiger partial charge in [-0.15, -0.1) is 0 Å². The fourth-order valence-electron chi connectivity index (χ4n) is 3.40. The van der Waals surface area contributed by atoms with Crippen LogP contribution in [-0.4, -0.2) is 35.5 Å². The van der Waals surface area contributed by atoms with Crippen LogP contribution in [-0.2, 0) is 11.0 Å². The van der Waals surface area contributed by atoms with E-state index in [2.05, 4.69) is 4.98 Å². The monoisotopic (exact) mass is 435 g/mol. The Bertz CT molecular complexity index is 1250. The Hall–Kier alpha value is -3.49. The maximum Gasteiger partial charge on any atom is 0.203 e. The van der Waals surface area contributed by atoms with E-state index in [-0.39, 0.29) is 0 Å². The summed E-state index contributed by atoms with van der Waals surface area (Å²) in [6, 6.07) is 16.8. The van der Waals surface area contributed by atoms with Gasteiger partial charge in [0, 0.05) is 11.1 Å². The third-order valence-electron chi connectivity index (χ3n) is 4.93. The maximum atomic E-state index is 11.5. The van der Waals surface area contributed by atoms with Crippen molar-refractivity contribution in [1.82, 2.24) is 9.97 Å². The van der Waals surface area contributed by atoms with Crippen molar-refractivity contribution in [3.05, 3.63) is 60.8 Å². The Labute approximate surface area is 182 Å². The van der Waals surface area contributed by atoms with E-state index in [0.717, 1.165) is 27.7 Å². The van der Waals surface area contributed by atoms with Gasteiger partial charge in [-0.2, -0.15) is 0 Å². The van der Waals surface area contributed by atoms with Gasteiger partial charge >= 0.3 is 0 Å². The minimum Gasteiger partial charge on any atom is -0.493 e. The molecule has 0 fully saturated rings. The number of hydrogen-bond acceptors (Lipinski definition) is 6. The molecule has 0 spiro atoms. The molecule has 4 aromatic rings. The summed E-state index contributed by atoms with van der Waals surface area (Å²) in [6.45, 7) is 0. The second kappa shape index (κ2) is 8.71. The third-order valence-corrected chi connectivity index (χ3v) is 5.67. The van der Waals surface area contributed by atoms with E-state index in [1.165, 1.54) is 0 Å². The number of aromatic nitrogens is 2.